The van der Waals surface area contributed by atoms with Gasteiger partial charge in [-0.2, -0.15) is 0 Å². The number of benzene rings is 2. The lowest BCUT2D eigenvalue weighted by Gasteiger charge is -2.20. The van der Waals surface area contributed by atoms with Crippen LogP contribution in [0.1, 0.15) is 16.1 Å². The van der Waals surface area contributed by atoms with Crippen LogP contribution < -0.4 is 15.4 Å². The SMILES string of the molecule is Cc1[nH]c2ccc(F)cc2c1C(=O)Nc1cccc2c1OCC(=O)N2. The fraction of sp³-hybridized carbons (Fsp3) is 0.111. The van der Waals surface area contributed by atoms with Gasteiger partial charge in [-0.15, -0.1) is 0 Å². The molecule has 1 aliphatic heterocycles. The second-order valence-electron chi connectivity index (χ2n) is 5.79. The topological polar surface area (TPSA) is 83.2 Å². The number of carbonyl (C=O) groups excluding carboxylic acids is 2. The summed E-state index contributed by atoms with van der Waals surface area (Å²) in [4.78, 5) is 27.3. The highest BCUT2D eigenvalue weighted by Gasteiger charge is 2.22. The summed E-state index contributed by atoms with van der Waals surface area (Å²) in [5.41, 5.74) is 2.62. The maximum atomic E-state index is 13.6. The quantitative estimate of drug-likeness (QED) is 0.670. The molecule has 1 aromatic heterocycles. The fourth-order valence-corrected chi connectivity index (χ4v) is 2.99. The van der Waals surface area contributed by atoms with Gasteiger partial charge < -0.3 is 20.4 Å². The van der Waals surface area contributed by atoms with Crippen LogP contribution in [-0.4, -0.2) is 23.4 Å². The average Bonchev–Trinajstić information content (AvgIpc) is 2.89. The second kappa shape index (κ2) is 5.62. The third-order valence-corrected chi connectivity index (χ3v) is 4.06. The molecule has 0 spiro atoms. The maximum absolute atomic E-state index is 13.6. The van der Waals surface area contributed by atoms with Gasteiger partial charge in [-0.3, -0.25) is 9.59 Å². The summed E-state index contributed by atoms with van der Waals surface area (Å²) >= 11 is 0. The first-order valence-corrected chi connectivity index (χ1v) is 7.68. The number of aromatic amines is 1. The lowest BCUT2D eigenvalue weighted by Crippen LogP contribution is -2.26. The summed E-state index contributed by atoms with van der Waals surface area (Å²) < 4.78 is 19.0. The Hall–Kier alpha value is -3.35. The van der Waals surface area contributed by atoms with Crippen molar-refractivity contribution in [2.45, 2.75) is 6.92 Å². The number of rotatable bonds is 2. The minimum Gasteiger partial charge on any atom is -0.479 e. The average molecular weight is 339 g/mol. The number of aryl methyl sites for hydroxylation is 1. The van der Waals surface area contributed by atoms with Gasteiger partial charge in [0.05, 0.1) is 16.9 Å². The zero-order chi connectivity index (χ0) is 17.6. The highest BCUT2D eigenvalue weighted by atomic mass is 19.1. The van der Waals surface area contributed by atoms with Gasteiger partial charge in [0.25, 0.3) is 11.8 Å². The molecule has 126 valence electrons. The van der Waals surface area contributed by atoms with E-state index in [0.717, 1.165) is 0 Å². The third kappa shape index (κ3) is 2.59. The van der Waals surface area contributed by atoms with Crippen molar-refractivity contribution in [3.05, 3.63) is 53.5 Å². The molecule has 1 aliphatic rings. The zero-order valence-corrected chi connectivity index (χ0v) is 13.3. The number of hydrogen-bond donors (Lipinski definition) is 3. The molecule has 0 radical (unpaired) electrons. The van der Waals surface area contributed by atoms with Gasteiger partial charge in [-0.25, -0.2) is 4.39 Å². The van der Waals surface area contributed by atoms with Gasteiger partial charge in [0.15, 0.2) is 12.4 Å². The molecule has 0 bridgehead atoms. The summed E-state index contributed by atoms with van der Waals surface area (Å²) in [6.45, 7) is 1.64. The van der Waals surface area contributed by atoms with Gasteiger partial charge >= 0.3 is 0 Å². The predicted molar refractivity (Wildman–Crippen MR) is 91.5 cm³/mol. The molecule has 3 aromatic rings. The Balaban J connectivity index is 1.72. The zero-order valence-electron chi connectivity index (χ0n) is 13.3. The lowest BCUT2D eigenvalue weighted by molar-refractivity contribution is -0.118. The Morgan fingerprint density at radius 3 is 2.96 bits per heavy atom. The Kier molecular flexibility index (Phi) is 3.42. The number of amides is 2. The first-order chi connectivity index (χ1) is 12.0. The van der Waals surface area contributed by atoms with Crippen molar-refractivity contribution in [1.82, 2.24) is 4.98 Å². The summed E-state index contributed by atoms with van der Waals surface area (Å²) in [6.07, 6.45) is 0. The van der Waals surface area contributed by atoms with Gasteiger partial charge in [-0.1, -0.05) is 6.07 Å². The summed E-state index contributed by atoms with van der Waals surface area (Å²) in [6, 6.07) is 9.32. The van der Waals surface area contributed by atoms with E-state index in [1.165, 1.54) is 12.1 Å². The molecule has 0 unspecified atom stereocenters. The van der Waals surface area contributed by atoms with E-state index in [-0.39, 0.29) is 18.4 Å². The number of anilines is 2. The first-order valence-electron chi connectivity index (χ1n) is 7.68. The van der Waals surface area contributed by atoms with Crippen LogP contribution in [0.4, 0.5) is 15.8 Å². The van der Waals surface area contributed by atoms with E-state index in [9.17, 15) is 14.0 Å². The highest BCUT2D eigenvalue weighted by Crippen LogP contribution is 2.36. The summed E-state index contributed by atoms with van der Waals surface area (Å²) in [5, 5.41) is 5.98. The van der Waals surface area contributed by atoms with Crippen molar-refractivity contribution in [1.29, 1.82) is 0 Å². The van der Waals surface area contributed by atoms with Crippen molar-refractivity contribution in [3.63, 3.8) is 0 Å². The Labute approximate surface area is 142 Å². The number of para-hydroxylation sites is 1. The first kappa shape index (κ1) is 15.2. The number of ether oxygens (including phenoxy) is 1. The number of nitrogens with one attached hydrogen (secondary N) is 3. The highest BCUT2D eigenvalue weighted by molar-refractivity contribution is 6.14. The minimum absolute atomic E-state index is 0.114. The van der Waals surface area contributed by atoms with E-state index in [4.69, 9.17) is 4.74 Å². The molecule has 3 N–H and O–H groups in total. The molecular formula is C18H14FN3O3. The monoisotopic (exact) mass is 339 g/mol. The van der Waals surface area contributed by atoms with Crippen molar-refractivity contribution < 1.29 is 18.7 Å². The molecule has 2 heterocycles. The van der Waals surface area contributed by atoms with Crippen LogP contribution in [0.3, 0.4) is 0 Å². The molecule has 0 fully saturated rings. The largest absolute Gasteiger partial charge is 0.479 e. The Morgan fingerprint density at radius 2 is 2.12 bits per heavy atom. The van der Waals surface area contributed by atoms with E-state index < -0.39 is 5.82 Å². The van der Waals surface area contributed by atoms with Crippen molar-refractivity contribution in [2.24, 2.45) is 0 Å². The number of H-pyrrole nitrogens is 1. The molecule has 0 aliphatic carbocycles. The van der Waals surface area contributed by atoms with Crippen LogP contribution >= 0.6 is 0 Å². The Bertz CT molecular complexity index is 1030. The minimum atomic E-state index is -0.413. The molecular weight excluding hydrogens is 325 g/mol. The number of fused-ring (bicyclic) bond motifs is 2. The summed E-state index contributed by atoms with van der Waals surface area (Å²) in [7, 11) is 0. The molecule has 0 saturated carbocycles. The number of hydrogen-bond acceptors (Lipinski definition) is 3. The number of halogens is 1. The van der Waals surface area contributed by atoms with E-state index >= 15 is 0 Å². The number of carbonyl (C=O) groups is 2. The van der Waals surface area contributed by atoms with Crippen molar-refractivity contribution >= 4 is 34.1 Å². The van der Waals surface area contributed by atoms with E-state index in [0.29, 0.717) is 39.3 Å². The molecule has 2 aromatic carbocycles. The third-order valence-electron chi connectivity index (χ3n) is 4.06. The van der Waals surface area contributed by atoms with Crippen molar-refractivity contribution in [3.8, 4) is 5.75 Å². The lowest BCUT2D eigenvalue weighted by atomic mass is 10.1. The van der Waals surface area contributed by atoms with Crippen LogP contribution in [0.25, 0.3) is 10.9 Å². The van der Waals surface area contributed by atoms with Crippen LogP contribution in [0.15, 0.2) is 36.4 Å². The predicted octanol–water partition coefficient (Wildman–Crippen LogP) is 3.20. The smallest absolute Gasteiger partial charge is 0.262 e. The molecule has 0 atom stereocenters. The Morgan fingerprint density at radius 1 is 1.28 bits per heavy atom. The standard InChI is InChI=1S/C18H14FN3O3/c1-9-16(11-7-10(19)5-6-12(11)20-9)18(24)22-14-4-2-3-13-17(14)25-8-15(23)21-13/h2-7,20H,8H2,1H3,(H,21,23)(H,22,24). The van der Waals surface area contributed by atoms with Crippen LogP contribution in [0.5, 0.6) is 5.75 Å². The molecule has 7 heteroatoms. The van der Waals surface area contributed by atoms with E-state index in [1.807, 2.05) is 0 Å². The van der Waals surface area contributed by atoms with Crippen LogP contribution in [0.2, 0.25) is 0 Å². The van der Waals surface area contributed by atoms with Crippen LogP contribution in [0, 0.1) is 12.7 Å². The van der Waals surface area contributed by atoms with Crippen molar-refractivity contribution in [2.75, 3.05) is 17.2 Å². The van der Waals surface area contributed by atoms with E-state index in [2.05, 4.69) is 15.6 Å². The van der Waals surface area contributed by atoms with Crippen LogP contribution in [-0.2, 0) is 4.79 Å². The molecule has 6 nitrogen and oxygen atoms in total. The number of aromatic nitrogens is 1. The van der Waals surface area contributed by atoms with Gasteiger partial charge in [0.2, 0.25) is 0 Å². The second-order valence-corrected chi connectivity index (χ2v) is 5.79. The fourth-order valence-electron chi connectivity index (χ4n) is 2.99. The molecule has 4 rings (SSSR count). The molecule has 2 amide bonds. The maximum Gasteiger partial charge on any atom is 0.262 e. The van der Waals surface area contributed by atoms with Gasteiger partial charge in [0, 0.05) is 16.6 Å². The summed E-state index contributed by atoms with van der Waals surface area (Å²) in [5.74, 6) is -0.648. The van der Waals surface area contributed by atoms with Gasteiger partial charge in [0.1, 0.15) is 5.82 Å². The van der Waals surface area contributed by atoms with E-state index in [1.54, 1.807) is 31.2 Å². The molecule has 25 heavy (non-hydrogen) atoms. The molecule has 0 saturated heterocycles. The normalized spacial score (nSPS) is 13.1. The van der Waals surface area contributed by atoms with Gasteiger partial charge in [-0.05, 0) is 37.3 Å².